The number of Topliss-reactive ketones (excluding diaryl/α,β-unsaturated/α-hetero) is 1. The minimum absolute atomic E-state index is 0.0713. The molecule has 1 rings (SSSR count). The number of aliphatic hydroxyl groups excluding tert-OH is 1. The maximum atomic E-state index is 12.3. The molecule has 0 unspecified atom stereocenters. The van der Waals surface area contributed by atoms with E-state index < -0.39 is 13.0 Å². The fourth-order valence-corrected chi connectivity index (χ4v) is 1.68. The largest absolute Gasteiger partial charge is 0.395 e. The van der Waals surface area contributed by atoms with E-state index in [9.17, 15) is 13.6 Å². The highest BCUT2D eigenvalue weighted by Gasteiger charge is 2.16. The molecule has 0 aliphatic rings. The number of aliphatic hydroxyl groups is 1. The molecule has 0 fully saturated rings. The van der Waals surface area contributed by atoms with E-state index in [1.165, 1.54) is 4.90 Å². The van der Waals surface area contributed by atoms with E-state index in [-0.39, 0.29) is 25.5 Å². The Morgan fingerprint density at radius 2 is 2.17 bits per heavy atom. The molecule has 0 saturated heterocycles. The number of nitrogens with zero attached hydrogens (tertiary/aromatic N) is 1. The summed E-state index contributed by atoms with van der Waals surface area (Å²) in [4.78, 5) is 13.2. The molecule has 1 aromatic rings. The van der Waals surface area contributed by atoms with Crippen LogP contribution in [0.4, 0.5) is 8.78 Å². The number of hydrogen-bond donors (Lipinski definition) is 1. The van der Waals surface area contributed by atoms with E-state index in [2.05, 4.69) is 0 Å². The van der Waals surface area contributed by atoms with Crippen LogP contribution in [0.15, 0.2) is 24.3 Å². The van der Waals surface area contributed by atoms with E-state index in [1.54, 1.807) is 18.2 Å². The molecule has 18 heavy (non-hydrogen) atoms. The van der Waals surface area contributed by atoms with Gasteiger partial charge in [-0.1, -0.05) is 23.8 Å². The number of carbonyl (C=O) groups excluding carboxylic acids is 1. The SMILES string of the molecule is Cc1cccc(C(=O)CN(CCO)CC(F)F)c1. The third-order valence-corrected chi connectivity index (χ3v) is 2.52. The van der Waals surface area contributed by atoms with Gasteiger partial charge >= 0.3 is 0 Å². The van der Waals surface area contributed by atoms with Gasteiger partial charge in [0.2, 0.25) is 0 Å². The average molecular weight is 257 g/mol. The fraction of sp³-hybridized carbons (Fsp3) is 0.462. The highest BCUT2D eigenvalue weighted by molar-refractivity contribution is 5.97. The van der Waals surface area contributed by atoms with Crippen LogP contribution < -0.4 is 0 Å². The lowest BCUT2D eigenvalue weighted by atomic mass is 10.1. The Morgan fingerprint density at radius 1 is 1.44 bits per heavy atom. The summed E-state index contributed by atoms with van der Waals surface area (Å²) in [5.74, 6) is -0.215. The zero-order valence-corrected chi connectivity index (χ0v) is 10.3. The molecule has 0 atom stereocenters. The van der Waals surface area contributed by atoms with Gasteiger partial charge in [-0.3, -0.25) is 9.69 Å². The molecule has 0 bridgehead atoms. The number of aryl methyl sites for hydroxylation is 1. The molecule has 0 saturated carbocycles. The van der Waals surface area contributed by atoms with Crippen LogP contribution in [0, 0.1) is 6.92 Å². The van der Waals surface area contributed by atoms with Crippen LogP contribution in [-0.2, 0) is 0 Å². The first-order valence-electron chi connectivity index (χ1n) is 5.74. The second kappa shape index (κ2) is 7.18. The first-order chi connectivity index (χ1) is 8.52. The van der Waals surface area contributed by atoms with Crippen LogP contribution in [0.2, 0.25) is 0 Å². The smallest absolute Gasteiger partial charge is 0.251 e. The lowest BCUT2D eigenvalue weighted by molar-refractivity contribution is 0.0689. The Kier molecular flexibility index (Phi) is 5.88. The molecule has 1 N–H and O–H groups in total. The molecule has 3 nitrogen and oxygen atoms in total. The van der Waals surface area contributed by atoms with Crippen molar-refractivity contribution in [1.29, 1.82) is 0 Å². The summed E-state index contributed by atoms with van der Waals surface area (Å²) in [6, 6.07) is 7.00. The Bertz CT molecular complexity index is 396. The van der Waals surface area contributed by atoms with Crippen molar-refractivity contribution in [2.24, 2.45) is 0 Å². The van der Waals surface area contributed by atoms with Gasteiger partial charge in [0.15, 0.2) is 5.78 Å². The van der Waals surface area contributed by atoms with Gasteiger partial charge in [0.05, 0.1) is 19.7 Å². The molecule has 1 aromatic carbocycles. The van der Waals surface area contributed by atoms with E-state index in [1.807, 2.05) is 13.0 Å². The molecule has 0 spiro atoms. The normalized spacial score (nSPS) is 11.2. The van der Waals surface area contributed by atoms with Gasteiger partial charge in [0.1, 0.15) is 0 Å². The van der Waals surface area contributed by atoms with Crippen molar-refractivity contribution in [1.82, 2.24) is 4.90 Å². The maximum absolute atomic E-state index is 12.3. The minimum atomic E-state index is -2.51. The molecule has 0 aromatic heterocycles. The topological polar surface area (TPSA) is 40.5 Å². The summed E-state index contributed by atoms with van der Waals surface area (Å²) >= 11 is 0. The van der Waals surface area contributed by atoms with E-state index in [0.717, 1.165) is 5.56 Å². The van der Waals surface area contributed by atoms with Crippen LogP contribution in [0.1, 0.15) is 15.9 Å². The highest BCUT2D eigenvalue weighted by atomic mass is 19.3. The summed E-state index contributed by atoms with van der Waals surface area (Å²) in [7, 11) is 0. The molecular formula is C13H17F2NO2. The van der Waals surface area contributed by atoms with Gasteiger partial charge < -0.3 is 5.11 Å². The second-order valence-corrected chi connectivity index (χ2v) is 4.14. The van der Waals surface area contributed by atoms with Crippen molar-refractivity contribution in [2.45, 2.75) is 13.3 Å². The number of hydrogen-bond acceptors (Lipinski definition) is 3. The van der Waals surface area contributed by atoms with Crippen molar-refractivity contribution in [3.05, 3.63) is 35.4 Å². The van der Waals surface area contributed by atoms with Crippen LogP contribution in [0.5, 0.6) is 0 Å². The summed E-state index contributed by atoms with van der Waals surface area (Å²) in [6.07, 6.45) is -2.51. The highest BCUT2D eigenvalue weighted by Crippen LogP contribution is 2.07. The number of rotatable bonds is 7. The molecule has 0 aliphatic carbocycles. The number of benzene rings is 1. The van der Waals surface area contributed by atoms with Gasteiger partial charge in [-0.05, 0) is 13.0 Å². The van der Waals surface area contributed by atoms with Crippen molar-refractivity contribution < 1.29 is 18.7 Å². The predicted molar refractivity (Wildman–Crippen MR) is 65.0 cm³/mol. The van der Waals surface area contributed by atoms with E-state index in [0.29, 0.717) is 5.56 Å². The monoisotopic (exact) mass is 257 g/mol. The minimum Gasteiger partial charge on any atom is -0.395 e. The van der Waals surface area contributed by atoms with Gasteiger partial charge in [0, 0.05) is 12.1 Å². The van der Waals surface area contributed by atoms with Crippen LogP contribution in [-0.4, -0.2) is 48.5 Å². The summed E-state index contributed by atoms with van der Waals surface area (Å²) in [5.41, 5.74) is 1.45. The first-order valence-corrected chi connectivity index (χ1v) is 5.74. The molecule has 100 valence electrons. The van der Waals surface area contributed by atoms with Gasteiger partial charge in [-0.25, -0.2) is 8.78 Å². The Labute approximate surface area is 105 Å². The van der Waals surface area contributed by atoms with E-state index >= 15 is 0 Å². The number of ketones is 1. The van der Waals surface area contributed by atoms with Gasteiger partial charge in [-0.2, -0.15) is 0 Å². The molecule has 0 heterocycles. The van der Waals surface area contributed by atoms with Crippen LogP contribution in [0.3, 0.4) is 0 Å². The lowest BCUT2D eigenvalue weighted by Gasteiger charge is -2.19. The quantitative estimate of drug-likeness (QED) is 0.756. The van der Waals surface area contributed by atoms with Crippen molar-refractivity contribution in [3.63, 3.8) is 0 Å². The average Bonchev–Trinajstić information content (AvgIpc) is 2.28. The predicted octanol–water partition coefficient (Wildman–Crippen LogP) is 1.74. The molecule has 0 aliphatic heterocycles. The third-order valence-electron chi connectivity index (χ3n) is 2.52. The number of halogens is 2. The molecule has 0 amide bonds. The second-order valence-electron chi connectivity index (χ2n) is 4.14. The fourth-order valence-electron chi connectivity index (χ4n) is 1.68. The molecule has 0 radical (unpaired) electrons. The number of carbonyl (C=O) groups is 1. The summed E-state index contributed by atoms with van der Waals surface area (Å²) < 4.78 is 24.6. The van der Waals surface area contributed by atoms with Crippen molar-refractivity contribution in [2.75, 3.05) is 26.2 Å². The summed E-state index contributed by atoms with van der Waals surface area (Å²) in [5, 5.41) is 8.78. The Hall–Kier alpha value is -1.33. The molecule has 5 heteroatoms. The zero-order chi connectivity index (χ0) is 13.5. The zero-order valence-electron chi connectivity index (χ0n) is 10.3. The summed E-state index contributed by atoms with van der Waals surface area (Å²) in [6.45, 7) is 1.09. The van der Waals surface area contributed by atoms with Crippen LogP contribution in [0.25, 0.3) is 0 Å². The van der Waals surface area contributed by atoms with Gasteiger partial charge in [0.25, 0.3) is 6.43 Å². The third kappa shape index (κ3) is 4.89. The van der Waals surface area contributed by atoms with Crippen LogP contribution >= 0.6 is 0 Å². The number of alkyl halides is 2. The maximum Gasteiger partial charge on any atom is 0.251 e. The van der Waals surface area contributed by atoms with Crippen molar-refractivity contribution >= 4 is 5.78 Å². The lowest BCUT2D eigenvalue weighted by Crippen LogP contribution is -2.36. The first kappa shape index (κ1) is 14.7. The molecular weight excluding hydrogens is 240 g/mol. The van der Waals surface area contributed by atoms with Crippen molar-refractivity contribution in [3.8, 4) is 0 Å². The Balaban J connectivity index is 2.65. The Morgan fingerprint density at radius 3 is 2.72 bits per heavy atom. The van der Waals surface area contributed by atoms with E-state index in [4.69, 9.17) is 5.11 Å². The standard InChI is InChI=1S/C13H17F2NO2/c1-10-3-2-4-11(7-10)12(18)8-16(5-6-17)9-13(14)15/h2-4,7,13,17H,5-6,8-9H2,1H3. The van der Waals surface area contributed by atoms with Gasteiger partial charge in [-0.15, -0.1) is 0 Å².